The Morgan fingerprint density at radius 3 is 2.33 bits per heavy atom. The molecule has 0 unspecified atom stereocenters. The van der Waals surface area contributed by atoms with Crippen LogP contribution in [0.5, 0.6) is 11.5 Å². The molecule has 0 aliphatic rings. The molecule has 0 spiro atoms. The molecule has 0 saturated heterocycles. The van der Waals surface area contributed by atoms with Crippen molar-refractivity contribution in [3.05, 3.63) is 30.3 Å². The Labute approximate surface area is 140 Å². The van der Waals surface area contributed by atoms with Gasteiger partial charge in [0.2, 0.25) is 0 Å². The fourth-order valence-corrected chi connectivity index (χ4v) is 1.92. The third kappa shape index (κ3) is 4.73. The summed E-state index contributed by atoms with van der Waals surface area (Å²) in [5.41, 5.74) is 0.728. The van der Waals surface area contributed by atoms with E-state index >= 15 is 0 Å². The van der Waals surface area contributed by atoms with Crippen molar-refractivity contribution in [3.8, 4) is 11.5 Å². The second kappa shape index (κ2) is 8.00. The number of nitrogens with one attached hydrogen (secondary N) is 3. The van der Waals surface area contributed by atoms with E-state index in [-0.39, 0.29) is 12.1 Å². The molecule has 2 aromatic rings. The van der Waals surface area contributed by atoms with Gasteiger partial charge in [-0.3, -0.25) is 5.32 Å². The molecule has 0 saturated carbocycles. The Morgan fingerprint density at radius 2 is 1.75 bits per heavy atom. The highest BCUT2D eigenvalue weighted by atomic mass is 16.5. The van der Waals surface area contributed by atoms with Crippen molar-refractivity contribution < 1.29 is 14.3 Å². The maximum absolute atomic E-state index is 11.6. The zero-order valence-electron chi connectivity index (χ0n) is 14.1. The quantitative estimate of drug-likeness (QED) is 0.753. The number of ether oxygens (including phenoxy) is 2. The molecular formula is C16H21N5O3. The maximum atomic E-state index is 11.6. The highest BCUT2D eigenvalue weighted by Gasteiger charge is 2.08. The first-order chi connectivity index (χ1) is 11.5. The second-order valence-electron chi connectivity index (χ2n) is 5.25. The first-order valence-corrected chi connectivity index (χ1v) is 7.42. The number of amides is 2. The third-order valence-corrected chi connectivity index (χ3v) is 3.00. The third-order valence-electron chi connectivity index (χ3n) is 3.00. The Hall–Kier alpha value is -3.03. The molecule has 3 N–H and O–H groups in total. The molecule has 128 valence electrons. The smallest absolute Gasteiger partial charge is 0.320 e. The van der Waals surface area contributed by atoms with Crippen LogP contribution in [0.15, 0.2) is 30.3 Å². The molecule has 0 bridgehead atoms. The highest BCUT2D eigenvalue weighted by Crippen LogP contribution is 2.30. The van der Waals surface area contributed by atoms with E-state index < -0.39 is 0 Å². The summed E-state index contributed by atoms with van der Waals surface area (Å²) in [4.78, 5) is 11.6. The van der Waals surface area contributed by atoms with E-state index in [9.17, 15) is 4.79 Å². The average molecular weight is 331 g/mol. The van der Waals surface area contributed by atoms with Crippen molar-refractivity contribution in [2.75, 3.05) is 24.9 Å². The van der Waals surface area contributed by atoms with Gasteiger partial charge in [0, 0.05) is 12.1 Å². The van der Waals surface area contributed by atoms with Crippen molar-refractivity contribution in [3.63, 3.8) is 0 Å². The number of nitrogens with zero attached hydrogens (tertiary/aromatic N) is 2. The lowest BCUT2D eigenvalue weighted by Crippen LogP contribution is -2.34. The standard InChI is InChI=1S/C16H21N5O3/c1-10(2)17-16(22)19-15-8-7-14(20-21-15)18-12-6-5-11(23-3)9-13(12)24-4/h5-10H,1-4H3,(H,18,20)(H2,17,19,21,22). The van der Waals surface area contributed by atoms with Crippen LogP contribution in [0.25, 0.3) is 0 Å². The maximum Gasteiger partial charge on any atom is 0.320 e. The molecule has 0 radical (unpaired) electrons. The topological polar surface area (TPSA) is 97.4 Å². The van der Waals surface area contributed by atoms with Gasteiger partial charge in [-0.1, -0.05) is 0 Å². The van der Waals surface area contributed by atoms with Gasteiger partial charge < -0.3 is 20.1 Å². The van der Waals surface area contributed by atoms with E-state index in [0.29, 0.717) is 23.1 Å². The molecule has 1 aromatic heterocycles. The van der Waals surface area contributed by atoms with Gasteiger partial charge in [-0.2, -0.15) is 0 Å². The van der Waals surface area contributed by atoms with Gasteiger partial charge in [0.25, 0.3) is 0 Å². The fourth-order valence-electron chi connectivity index (χ4n) is 1.92. The van der Waals surface area contributed by atoms with Gasteiger partial charge in [0.1, 0.15) is 11.5 Å². The normalized spacial score (nSPS) is 10.2. The van der Waals surface area contributed by atoms with E-state index in [1.807, 2.05) is 26.0 Å². The molecule has 8 heteroatoms. The number of anilines is 3. The zero-order chi connectivity index (χ0) is 17.5. The van der Waals surface area contributed by atoms with E-state index in [4.69, 9.17) is 9.47 Å². The van der Waals surface area contributed by atoms with E-state index in [1.165, 1.54) is 0 Å². The molecule has 1 heterocycles. The van der Waals surface area contributed by atoms with Gasteiger partial charge in [0.15, 0.2) is 11.6 Å². The van der Waals surface area contributed by atoms with Gasteiger partial charge >= 0.3 is 6.03 Å². The number of urea groups is 1. The van der Waals surface area contributed by atoms with Crippen LogP contribution in [0.2, 0.25) is 0 Å². The lowest BCUT2D eigenvalue weighted by molar-refractivity contribution is 0.250. The highest BCUT2D eigenvalue weighted by molar-refractivity contribution is 5.88. The molecule has 1 aromatic carbocycles. The van der Waals surface area contributed by atoms with Crippen LogP contribution in [0.4, 0.5) is 22.1 Å². The molecule has 2 amide bonds. The molecule has 24 heavy (non-hydrogen) atoms. The Bertz CT molecular complexity index is 689. The molecule has 0 atom stereocenters. The molecule has 2 rings (SSSR count). The van der Waals surface area contributed by atoms with Gasteiger partial charge in [0.05, 0.1) is 19.9 Å². The first kappa shape index (κ1) is 17.3. The van der Waals surface area contributed by atoms with Gasteiger partial charge in [-0.05, 0) is 38.1 Å². The van der Waals surface area contributed by atoms with Crippen molar-refractivity contribution in [2.24, 2.45) is 0 Å². The summed E-state index contributed by atoms with van der Waals surface area (Å²) >= 11 is 0. The lowest BCUT2D eigenvalue weighted by atomic mass is 10.2. The summed E-state index contributed by atoms with van der Waals surface area (Å²) in [5, 5.41) is 16.4. The molecule has 0 aliphatic carbocycles. The minimum absolute atomic E-state index is 0.0430. The molecule has 8 nitrogen and oxygen atoms in total. The van der Waals surface area contributed by atoms with E-state index in [1.54, 1.807) is 32.4 Å². The number of aromatic nitrogens is 2. The van der Waals surface area contributed by atoms with E-state index in [0.717, 1.165) is 5.69 Å². The van der Waals surface area contributed by atoms with Crippen LogP contribution in [0, 0.1) is 0 Å². The van der Waals surface area contributed by atoms with Crippen molar-refractivity contribution in [1.82, 2.24) is 15.5 Å². The zero-order valence-corrected chi connectivity index (χ0v) is 14.1. The predicted molar refractivity (Wildman–Crippen MR) is 92.2 cm³/mol. The molecule has 0 fully saturated rings. The van der Waals surface area contributed by atoms with Gasteiger partial charge in [-0.15, -0.1) is 10.2 Å². The number of rotatable bonds is 6. The SMILES string of the molecule is COc1ccc(Nc2ccc(NC(=O)NC(C)C)nn2)c(OC)c1. The van der Waals surface area contributed by atoms with Crippen LogP contribution >= 0.6 is 0 Å². The summed E-state index contributed by atoms with van der Waals surface area (Å²) in [7, 11) is 3.17. The molecular weight excluding hydrogens is 310 g/mol. The van der Waals surface area contributed by atoms with E-state index in [2.05, 4.69) is 26.1 Å². The van der Waals surface area contributed by atoms with Crippen LogP contribution in [-0.2, 0) is 0 Å². The van der Waals surface area contributed by atoms with Crippen LogP contribution in [0.1, 0.15) is 13.8 Å². The summed E-state index contributed by atoms with van der Waals surface area (Å²) in [6.07, 6.45) is 0. The summed E-state index contributed by atoms with van der Waals surface area (Å²) in [6.45, 7) is 3.75. The number of hydrogen-bond donors (Lipinski definition) is 3. The molecule has 0 aliphatic heterocycles. The van der Waals surface area contributed by atoms with Crippen molar-refractivity contribution >= 4 is 23.4 Å². The first-order valence-electron chi connectivity index (χ1n) is 7.42. The van der Waals surface area contributed by atoms with Crippen LogP contribution in [0.3, 0.4) is 0 Å². The second-order valence-corrected chi connectivity index (χ2v) is 5.25. The number of carbonyl (C=O) groups is 1. The van der Waals surface area contributed by atoms with Crippen molar-refractivity contribution in [2.45, 2.75) is 19.9 Å². The number of hydrogen-bond acceptors (Lipinski definition) is 6. The number of carbonyl (C=O) groups excluding carboxylic acids is 1. The minimum Gasteiger partial charge on any atom is -0.497 e. The largest absolute Gasteiger partial charge is 0.497 e. The number of methoxy groups -OCH3 is 2. The summed E-state index contributed by atoms with van der Waals surface area (Å²) in [6, 6.07) is 8.49. The Balaban J connectivity index is 2.05. The van der Waals surface area contributed by atoms with Gasteiger partial charge in [-0.25, -0.2) is 4.79 Å². The summed E-state index contributed by atoms with van der Waals surface area (Å²) < 4.78 is 10.5. The average Bonchev–Trinajstić information content (AvgIpc) is 2.56. The minimum atomic E-state index is -0.322. The van der Waals surface area contributed by atoms with Crippen LogP contribution < -0.4 is 25.4 Å². The van der Waals surface area contributed by atoms with Crippen molar-refractivity contribution in [1.29, 1.82) is 0 Å². The Kier molecular flexibility index (Phi) is 5.78. The predicted octanol–water partition coefficient (Wildman–Crippen LogP) is 2.77. The number of benzene rings is 1. The monoisotopic (exact) mass is 331 g/mol. The Morgan fingerprint density at radius 1 is 1.04 bits per heavy atom. The summed E-state index contributed by atoms with van der Waals surface area (Å²) in [5.74, 6) is 2.20. The fraction of sp³-hybridized carbons (Fsp3) is 0.312. The lowest BCUT2D eigenvalue weighted by Gasteiger charge is -2.12. The van der Waals surface area contributed by atoms with Crippen LogP contribution in [-0.4, -0.2) is 36.5 Å².